The van der Waals surface area contributed by atoms with Crippen LogP contribution in [0.15, 0.2) is 24.3 Å². The average molecular weight is 259 g/mol. The first-order valence-corrected chi connectivity index (χ1v) is 6.75. The topological polar surface area (TPSA) is 46.6 Å². The van der Waals surface area contributed by atoms with Crippen LogP contribution >= 0.6 is 0 Å². The summed E-state index contributed by atoms with van der Waals surface area (Å²) in [6, 6.07) is 7.86. The molecule has 2 aliphatic rings. The Morgan fingerprint density at radius 2 is 1.95 bits per heavy atom. The van der Waals surface area contributed by atoms with E-state index in [-0.39, 0.29) is 17.6 Å². The number of carbonyl (C=O) groups is 2. The maximum atomic E-state index is 12.4. The molecule has 1 atom stereocenters. The van der Waals surface area contributed by atoms with Gasteiger partial charge in [0.05, 0.1) is 5.92 Å². The molecule has 1 saturated heterocycles. The van der Waals surface area contributed by atoms with Gasteiger partial charge in [0, 0.05) is 25.9 Å². The first-order chi connectivity index (χ1) is 9.24. The molecule has 0 aliphatic carbocycles. The van der Waals surface area contributed by atoms with Crippen molar-refractivity contribution >= 4 is 11.7 Å². The molecule has 0 N–H and O–H groups in total. The molecule has 0 spiro atoms. The van der Waals surface area contributed by atoms with E-state index in [1.807, 2.05) is 29.2 Å². The molecule has 3 rings (SSSR count). The number of amides is 1. The predicted octanol–water partition coefficient (Wildman–Crippen LogP) is 1.43. The molecule has 2 aliphatic heterocycles. The number of Topliss-reactive ketones (excluding diaryl/α,β-unsaturated/α-hetero) is 1. The van der Waals surface area contributed by atoms with Crippen LogP contribution in [0.2, 0.25) is 0 Å². The van der Waals surface area contributed by atoms with Crippen LogP contribution in [-0.4, -0.2) is 36.3 Å². The zero-order valence-electron chi connectivity index (χ0n) is 10.8. The Labute approximate surface area is 112 Å². The molecule has 19 heavy (non-hydrogen) atoms. The van der Waals surface area contributed by atoms with Crippen molar-refractivity contribution in [3.05, 3.63) is 29.8 Å². The molecule has 0 aromatic heterocycles. The number of carbonyl (C=O) groups excluding carboxylic acids is 2. The van der Waals surface area contributed by atoms with E-state index in [1.165, 1.54) is 0 Å². The molecule has 1 fully saturated rings. The lowest BCUT2D eigenvalue weighted by Crippen LogP contribution is -2.44. The molecule has 1 aromatic rings. The second kappa shape index (κ2) is 5.03. The molecule has 4 nitrogen and oxygen atoms in total. The van der Waals surface area contributed by atoms with Crippen LogP contribution in [0.25, 0.3) is 0 Å². The van der Waals surface area contributed by atoms with Gasteiger partial charge in [0.1, 0.15) is 18.1 Å². The lowest BCUT2D eigenvalue weighted by molar-refractivity contribution is -0.139. The number of likely N-dealkylation sites (tertiary alicyclic amines) is 1. The highest BCUT2D eigenvalue weighted by Gasteiger charge is 2.31. The first-order valence-electron chi connectivity index (χ1n) is 6.75. The number of hydrogen-bond acceptors (Lipinski definition) is 3. The van der Waals surface area contributed by atoms with Gasteiger partial charge in [-0.2, -0.15) is 0 Å². The van der Waals surface area contributed by atoms with Gasteiger partial charge in [-0.25, -0.2) is 0 Å². The Kier molecular flexibility index (Phi) is 3.23. The summed E-state index contributed by atoms with van der Waals surface area (Å²) in [6.45, 7) is 1.58. The first kappa shape index (κ1) is 12.2. The SMILES string of the molecule is O=C1CCN(C(=O)C2COc3ccccc3C2)CC1. The van der Waals surface area contributed by atoms with Crippen molar-refractivity contribution in [1.82, 2.24) is 4.90 Å². The summed E-state index contributed by atoms with van der Waals surface area (Å²) >= 11 is 0. The van der Waals surface area contributed by atoms with Crippen molar-refractivity contribution < 1.29 is 14.3 Å². The minimum atomic E-state index is -0.108. The van der Waals surface area contributed by atoms with Gasteiger partial charge in [-0.05, 0) is 18.1 Å². The van der Waals surface area contributed by atoms with Crippen LogP contribution < -0.4 is 4.74 Å². The molecular weight excluding hydrogens is 242 g/mol. The zero-order valence-corrected chi connectivity index (χ0v) is 10.8. The summed E-state index contributed by atoms with van der Waals surface area (Å²) in [4.78, 5) is 25.4. The van der Waals surface area contributed by atoms with Gasteiger partial charge in [-0.3, -0.25) is 9.59 Å². The van der Waals surface area contributed by atoms with Gasteiger partial charge in [-0.1, -0.05) is 18.2 Å². The highest BCUT2D eigenvalue weighted by atomic mass is 16.5. The fraction of sp³-hybridized carbons (Fsp3) is 0.467. The summed E-state index contributed by atoms with van der Waals surface area (Å²) in [6.07, 6.45) is 1.73. The van der Waals surface area contributed by atoms with E-state index in [1.54, 1.807) is 0 Å². The van der Waals surface area contributed by atoms with E-state index >= 15 is 0 Å². The summed E-state index contributed by atoms with van der Waals surface area (Å²) in [7, 11) is 0. The normalized spacial score (nSPS) is 22.6. The molecule has 0 bridgehead atoms. The van der Waals surface area contributed by atoms with Crippen molar-refractivity contribution in [2.75, 3.05) is 19.7 Å². The van der Waals surface area contributed by atoms with Crippen LogP contribution in [0.3, 0.4) is 0 Å². The van der Waals surface area contributed by atoms with Crippen LogP contribution in [0, 0.1) is 5.92 Å². The Morgan fingerprint density at radius 1 is 1.21 bits per heavy atom. The number of benzene rings is 1. The number of piperidine rings is 1. The Bertz CT molecular complexity index is 502. The standard InChI is InChI=1S/C15H17NO3/c17-13-5-7-16(8-6-13)15(18)12-9-11-3-1-2-4-14(11)19-10-12/h1-4,12H,5-10H2. The number of rotatable bonds is 1. The minimum Gasteiger partial charge on any atom is -0.492 e. The molecule has 0 radical (unpaired) electrons. The predicted molar refractivity (Wildman–Crippen MR) is 70.0 cm³/mol. The molecule has 1 unspecified atom stereocenters. The lowest BCUT2D eigenvalue weighted by Gasteiger charge is -2.32. The molecule has 0 saturated carbocycles. The quantitative estimate of drug-likeness (QED) is 0.766. The highest BCUT2D eigenvalue weighted by molar-refractivity contribution is 5.84. The Hall–Kier alpha value is -1.84. The third-order valence-electron chi connectivity index (χ3n) is 3.86. The van der Waals surface area contributed by atoms with Gasteiger partial charge < -0.3 is 9.64 Å². The van der Waals surface area contributed by atoms with Gasteiger partial charge in [-0.15, -0.1) is 0 Å². The fourth-order valence-electron chi connectivity index (χ4n) is 2.72. The lowest BCUT2D eigenvalue weighted by atomic mass is 9.94. The number of ketones is 1. The maximum absolute atomic E-state index is 12.4. The monoisotopic (exact) mass is 259 g/mol. The third kappa shape index (κ3) is 2.48. The Morgan fingerprint density at radius 3 is 2.74 bits per heavy atom. The zero-order chi connectivity index (χ0) is 13.2. The van der Waals surface area contributed by atoms with Crippen LogP contribution in [0.1, 0.15) is 18.4 Å². The Balaban J connectivity index is 1.67. The highest BCUT2D eigenvalue weighted by Crippen LogP contribution is 2.28. The number of para-hydroxylation sites is 1. The van der Waals surface area contributed by atoms with Crippen molar-refractivity contribution in [1.29, 1.82) is 0 Å². The maximum Gasteiger partial charge on any atom is 0.229 e. The second-order valence-corrected chi connectivity index (χ2v) is 5.18. The largest absolute Gasteiger partial charge is 0.492 e. The van der Waals surface area contributed by atoms with E-state index < -0.39 is 0 Å². The number of fused-ring (bicyclic) bond motifs is 1. The van der Waals surface area contributed by atoms with E-state index in [0.717, 1.165) is 17.7 Å². The molecular formula is C15H17NO3. The van der Waals surface area contributed by atoms with E-state index in [2.05, 4.69) is 0 Å². The summed E-state index contributed by atoms with van der Waals surface area (Å²) in [5, 5.41) is 0. The molecule has 2 heterocycles. The average Bonchev–Trinajstić information content (AvgIpc) is 2.47. The van der Waals surface area contributed by atoms with E-state index in [4.69, 9.17) is 4.74 Å². The summed E-state index contributed by atoms with van der Waals surface area (Å²) in [5.41, 5.74) is 1.10. The van der Waals surface area contributed by atoms with E-state index in [0.29, 0.717) is 32.5 Å². The van der Waals surface area contributed by atoms with Gasteiger partial charge in [0.25, 0.3) is 0 Å². The smallest absolute Gasteiger partial charge is 0.229 e. The summed E-state index contributed by atoms with van der Waals surface area (Å²) < 4.78 is 5.65. The van der Waals surface area contributed by atoms with Crippen molar-refractivity contribution in [3.63, 3.8) is 0 Å². The molecule has 1 amide bonds. The minimum absolute atomic E-state index is 0.108. The van der Waals surface area contributed by atoms with Gasteiger partial charge >= 0.3 is 0 Å². The van der Waals surface area contributed by atoms with Gasteiger partial charge in [0.2, 0.25) is 5.91 Å². The molecule has 100 valence electrons. The molecule has 1 aromatic carbocycles. The third-order valence-corrected chi connectivity index (χ3v) is 3.86. The van der Waals surface area contributed by atoms with Crippen LogP contribution in [0.4, 0.5) is 0 Å². The van der Waals surface area contributed by atoms with Crippen molar-refractivity contribution in [2.24, 2.45) is 5.92 Å². The van der Waals surface area contributed by atoms with E-state index in [9.17, 15) is 9.59 Å². The van der Waals surface area contributed by atoms with Crippen molar-refractivity contribution in [2.45, 2.75) is 19.3 Å². The van der Waals surface area contributed by atoms with Crippen LogP contribution in [-0.2, 0) is 16.0 Å². The summed E-state index contributed by atoms with van der Waals surface area (Å²) in [5.74, 6) is 1.17. The number of ether oxygens (including phenoxy) is 1. The second-order valence-electron chi connectivity index (χ2n) is 5.18. The number of hydrogen-bond donors (Lipinski definition) is 0. The fourth-order valence-corrected chi connectivity index (χ4v) is 2.72. The van der Waals surface area contributed by atoms with Crippen molar-refractivity contribution in [3.8, 4) is 5.75 Å². The van der Waals surface area contributed by atoms with Gasteiger partial charge in [0.15, 0.2) is 0 Å². The number of nitrogens with zero attached hydrogens (tertiary/aromatic N) is 1. The molecule has 4 heteroatoms. The van der Waals surface area contributed by atoms with Crippen LogP contribution in [0.5, 0.6) is 5.75 Å².